The molecule has 3 aliphatic heterocycles. The molecule has 4 atom stereocenters. The van der Waals surface area contributed by atoms with Crippen LogP contribution in [0, 0.1) is 5.92 Å². The number of aromatic amines is 2. The minimum absolute atomic E-state index is 0.0751. The van der Waals surface area contributed by atoms with Gasteiger partial charge in [-0.1, -0.05) is 62.4 Å². The predicted molar refractivity (Wildman–Crippen MR) is 203 cm³/mol. The third-order valence-corrected chi connectivity index (χ3v) is 10.3. The van der Waals surface area contributed by atoms with Crippen LogP contribution in [-0.2, 0) is 19.4 Å². The van der Waals surface area contributed by atoms with E-state index < -0.39 is 6.04 Å². The lowest BCUT2D eigenvalue weighted by atomic mass is 10.0. The van der Waals surface area contributed by atoms with Gasteiger partial charge in [0.1, 0.15) is 23.7 Å². The monoisotopic (exact) mass is 720 g/mol. The Labute approximate surface area is 309 Å². The van der Waals surface area contributed by atoms with Crippen LogP contribution in [0.2, 0.25) is 0 Å². The summed E-state index contributed by atoms with van der Waals surface area (Å²) in [5.41, 5.74) is 6.05. The minimum Gasteiger partial charge on any atom is -0.355 e. The van der Waals surface area contributed by atoms with E-state index in [0.717, 1.165) is 90.5 Å². The molecule has 2 amide bonds. The summed E-state index contributed by atoms with van der Waals surface area (Å²) in [5, 5.41) is 6.57. The van der Waals surface area contributed by atoms with E-state index in [9.17, 15) is 9.59 Å². The molecule has 4 aromatic rings. The standard InChI is InChI=1S/C39H48N10O4/c1-24(2)34(47-39-40-17-18-41-39)38(51)49-20-6-8-33(49)36-43-22-31(46-36)29-15-11-27(12-16-29)26-9-13-28(14-10-26)30-21-42-35(45-30)32-7-5-19-48(32)37(50)25(3)44-23-53-52-4/h9-16,21-25,32-34H,5-8,17-20H2,1-4H3,(H,42,45)(H,43,46)(H2,40,41,47)/t25-,32-,33-,34-/m0/s1. The topological polar surface area (TPSA) is 165 Å². The van der Waals surface area contributed by atoms with Gasteiger partial charge in [0.25, 0.3) is 0 Å². The second-order valence-electron chi connectivity index (χ2n) is 14.1. The molecule has 7 rings (SSSR count). The van der Waals surface area contributed by atoms with Gasteiger partial charge in [-0.25, -0.2) is 15.0 Å². The third-order valence-electron chi connectivity index (χ3n) is 10.3. The van der Waals surface area contributed by atoms with Crippen LogP contribution in [0.25, 0.3) is 33.6 Å². The Hall–Kier alpha value is -5.50. The lowest BCUT2D eigenvalue weighted by Gasteiger charge is -2.30. The third kappa shape index (κ3) is 7.82. The number of likely N-dealkylation sites (tertiary alicyclic amines) is 2. The first kappa shape index (κ1) is 35.9. The highest BCUT2D eigenvalue weighted by Crippen LogP contribution is 2.35. The number of rotatable bonds is 12. The fraction of sp³-hybridized carbons (Fsp3) is 0.436. The molecular weight excluding hydrogens is 672 g/mol. The van der Waals surface area contributed by atoms with Crippen LogP contribution in [0.1, 0.15) is 70.2 Å². The number of hydrogen-bond acceptors (Lipinski definition) is 10. The molecule has 5 heterocycles. The second-order valence-corrected chi connectivity index (χ2v) is 14.1. The van der Waals surface area contributed by atoms with E-state index in [1.807, 2.05) is 22.2 Å². The Morgan fingerprint density at radius 3 is 1.85 bits per heavy atom. The number of nitrogens with zero attached hydrogens (tertiary/aromatic N) is 6. The number of imidazole rings is 2. The molecule has 0 bridgehead atoms. The molecule has 2 aromatic carbocycles. The molecule has 2 saturated heterocycles. The SMILES string of the molecule is COOC=N[C@@H](C)C(=O)N1CCC[C@H]1c1ncc(-c2ccc(-c3ccc(-c4cnc([C@@H]5CCCN5C(=O)[C@@H](NC5=NCCN5)C(C)C)[nH]4)cc3)cc2)[nH]1. The maximum absolute atomic E-state index is 13.8. The normalized spacial score (nSPS) is 19.8. The molecule has 0 aliphatic carbocycles. The van der Waals surface area contributed by atoms with Gasteiger partial charge in [0, 0.05) is 19.6 Å². The molecule has 4 N–H and O–H groups in total. The van der Waals surface area contributed by atoms with Gasteiger partial charge in [-0.05, 0) is 60.8 Å². The zero-order chi connectivity index (χ0) is 36.9. The Morgan fingerprint density at radius 2 is 1.36 bits per heavy atom. The van der Waals surface area contributed by atoms with Crippen molar-refractivity contribution >= 4 is 24.2 Å². The number of amides is 2. The molecule has 14 nitrogen and oxygen atoms in total. The fourth-order valence-electron chi connectivity index (χ4n) is 7.42. The summed E-state index contributed by atoms with van der Waals surface area (Å²) >= 11 is 0. The molecular formula is C39H48N10O4. The molecule has 0 unspecified atom stereocenters. The van der Waals surface area contributed by atoms with Gasteiger partial charge >= 0.3 is 0 Å². The second kappa shape index (κ2) is 16.0. The highest BCUT2D eigenvalue weighted by molar-refractivity contribution is 5.90. The zero-order valence-electron chi connectivity index (χ0n) is 30.7. The van der Waals surface area contributed by atoms with Crippen molar-refractivity contribution in [1.82, 2.24) is 40.4 Å². The van der Waals surface area contributed by atoms with Crippen molar-refractivity contribution in [2.75, 3.05) is 33.3 Å². The lowest BCUT2D eigenvalue weighted by Crippen LogP contribution is -2.53. The van der Waals surface area contributed by atoms with Gasteiger partial charge in [-0.2, -0.15) is 4.89 Å². The molecule has 278 valence electrons. The van der Waals surface area contributed by atoms with Gasteiger partial charge in [0.15, 0.2) is 5.96 Å². The summed E-state index contributed by atoms with van der Waals surface area (Å²) < 4.78 is 0. The van der Waals surface area contributed by atoms with E-state index in [-0.39, 0.29) is 35.9 Å². The first-order chi connectivity index (χ1) is 25.8. The maximum atomic E-state index is 13.8. The van der Waals surface area contributed by atoms with E-state index in [2.05, 4.69) is 103 Å². The fourth-order valence-corrected chi connectivity index (χ4v) is 7.42. The maximum Gasteiger partial charge on any atom is 0.247 e. The molecule has 0 saturated carbocycles. The summed E-state index contributed by atoms with van der Waals surface area (Å²) in [6.45, 7) is 8.74. The van der Waals surface area contributed by atoms with Crippen LogP contribution < -0.4 is 10.6 Å². The number of carbonyl (C=O) groups excluding carboxylic acids is 2. The molecule has 2 aromatic heterocycles. The van der Waals surface area contributed by atoms with E-state index >= 15 is 0 Å². The molecule has 2 fully saturated rings. The molecule has 53 heavy (non-hydrogen) atoms. The van der Waals surface area contributed by atoms with Gasteiger partial charge in [0.2, 0.25) is 18.2 Å². The minimum atomic E-state index is -0.583. The summed E-state index contributed by atoms with van der Waals surface area (Å²) in [6.07, 6.45) is 8.39. The van der Waals surface area contributed by atoms with Crippen LogP contribution in [0.4, 0.5) is 0 Å². The summed E-state index contributed by atoms with van der Waals surface area (Å²) in [4.78, 5) is 64.8. The number of guanidine groups is 1. The van der Waals surface area contributed by atoms with Crippen LogP contribution >= 0.6 is 0 Å². The number of aromatic nitrogens is 4. The van der Waals surface area contributed by atoms with Crippen molar-refractivity contribution in [3.63, 3.8) is 0 Å². The summed E-state index contributed by atoms with van der Waals surface area (Å²) in [6, 6.07) is 15.6. The van der Waals surface area contributed by atoms with Crippen molar-refractivity contribution in [2.45, 2.75) is 70.6 Å². The Balaban J connectivity index is 0.989. The van der Waals surface area contributed by atoms with Gasteiger partial charge in [-0.15, -0.1) is 0 Å². The molecule has 3 aliphatic rings. The van der Waals surface area contributed by atoms with E-state index in [1.54, 1.807) is 6.92 Å². The van der Waals surface area contributed by atoms with Gasteiger partial charge in [0.05, 0.1) is 49.5 Å². The van der Waals surface area contributed by atoms with Gasteiger partial charge < -0.3 is 35.3 Å². The summed E-state index contributed by atoms with van der Waals surface area (Å²) in [5.74, 6) is 2.41. The molecule has 0 spiro atoms. The Bertz CT molecular complexity index is 1930. The van der Waals surface area contributed by atoms with Gasteiger partial charge in [-0.3, -0.25) is 14.6 Å². The van der Waals surface area contributed by atoms with E-state index in [1.165, 1.54) is 7.11 Å². The summed E-state index contributed by atoms with van der Waals surface area (Å²) in [7, 11) is 1.38. The Kier molecular flexibility index (Phi) is 10.9. The van der Waals surface area contributed by atoms with E-state index in [4.69, 9.17) is 9.87 Å². The average molecular weight is 721 g/mol. The van der Waals surface area contributed by atoms with Crippen molar-refractivity contribution in [2.24, 2.45) is 15.9 Å². The smallest absolute Gasteiger partial charge is 0.247 e. The van der Waals surface area contributed by atoms with Crippen LogP contribution in [-0.4, -0.2) is 99.3 Å². The number of aliphatic imine (C=N–C) groups is 2. The highest BCUT2D eigenvalue weighted by Gasteiger charge is 2.37. The highest BCUT2D eigenvalue weighted by atomic mass is 17.2. The molecule has 14 heteroatoms. The molecule has 0 radical (unpaired) electrons. The average Bonchev–Trinajstić information content (AvgIpc) is 4.03. The number of nitrogens with one attached hydrogen (secondary N) is 4. The van der Waals surface area contributed by atoms with Crippen LogP contribution in [0.15, 0.2) is 70.9 Å². The first-order valence-corrected chi connectivity index (χ1v) is 18.5. The van der Waals surface area contributed by atoms with Crippen LogP contribution in [0.3, 0.4) is 0 Å². The number of H-pyrrole nitrogens is 2. The lowest BCUT2D eigenvalue weighted by molar-refractivity contribution is -0.188. The van der Waals surface area contributed by atoms with Crippen LogP contribution in [0.5, 0.6) is 0 Å². The van der Waals surface area contributed by atoms with E-state index in [0.29, 0.717) is 19.0 Å². The predicted octanol–water partition coefficient (Wildman–Crippen LogP) is 5.03. The zero-order valence-corrected chi connectivity index (χ0v) is 30.7. The Morgan fingerprint density at radius 1 is 0.830 bits per heavy atom. The van der Waals surface area contributed by atoms with Crippen molar-refractivity contribution in [3.05, 3.63) is 72.6 Å². The largest absolute Gasteiger partial charge is 0.355 e. The van der Waals surface area contributed by atoms with Crippen molar-refractivity contribution in [1.29, 1.82) is 0 Å². The number of carbonyl (C=O) groups is 2. The first-order valence-electron chi connectivity index (χ1n) is 18.5. The van der Waals surface area contributed by atoms with Crippen molar-refractivity contribution in [3.8, 4) is 33.6 Å². The quantitative estimate of drug-likeness (QED) is 0.0685. The number of benzene rings is 2. The van der Waals surface area contributed by atoms with Crippen molar-refractivity contribution < 1.29 is 19.4 Å². The number of hydrogen-bond donors (Lipinski definition) is 4.